The van der Waals surface area contributed by atoms with E-state index in [4.69, 9.17) is 14.2 Å². The fourth-order valence-corrected chi connectivity index (χ4v) is 8.18. The normalized spacial score (nSPS) is 12.6. The minimum atomic E-state index is -0.423. The van der Waals surface area contributed by atoms with Crippen molar-refractivity contribution in [3.63, 3.8) is 0 Å². The molecule has 0 unspecified atom stereocenters. The Kier molecular flexibility index (Phi) is 54.9. The SMILES string of the molecule is CCCCC/C=C\C/C=C\CCCCCCCCCC(=O)OC[C@H](COC(=O)CCC/C=C\C/C=C\C/C=C\CCCCCCCC)OCCCCCCCCCCCCCCCCCC. The van der Waals surface area contributed by atoms with Crippen LogP contribution < -0.4 is 0 Å². The first kappa shape index (κ1) is 63.6. The van der Waals surface area contributed by atoms with E-state index in [1.807, 2.05) is 0 Å². The molecule has 0 fully saturated rings. The van der Waals surface area contributed by atoms with Gasteiger partial charge in [-0.15, -0.1) is 0 Å². The van der Waals surface area contributed by atoms with Crippen molar-refractivity contribution in [2.75, 3.05) is 19.8 Å². The Labute approximate surface area is 411 Å². The molecule has 0 rings (SSSR count). The van der Waals surface area contributed by atoms with E-state index >= 15 is 0 Å². The van der Waals surface area contributed by atoms with E-state index in [1.54, 1.807) is 0 Å². The van der Waals surface area contributed by atoms with Crippen LogP contribution in [0.4, 0.5) is 0 Å². The lowest BCUT2D eigenvalue weighted by Gasteiger charge is -2.18. The second kappa shape index (κ2) is 56.9. The molecule has 66 heavy (non-hydrogen) atoms. The van der Waals surface area contributed by atoms with E-state index in [0.717, 1.165) is 64.2 Å². The highest BCUT2D eigenvalue weighted by Crippen LogP contribution is 2.15. The van der Waals surface area contributed by atoms with Gasteiger partial charge in [0, 0.05) is 19.4 Å². The predicted octanol–water partition coefficient (Wildman–Crippen LogP) is 19.7. The highest BCUT2D eigenvalue weighted by Gasteiger charge is 2.16. The number of esters is 2. The molecule has 0 spiro atoms. The molecule has 0 aliphatic rings. The zero-order valence-corrected chi connectivity index (χ0v) is 44.2. The van der Waals surface area contributed by atoms with E-state index < -0.39 is 6.10 Å². The summed E-state index contributed by atoms with van der Waals surface area (Å²) in [6.07, 6.45) is 72.6. The van der Waals surface area contributed by atoms with Gasteiger partial charge >= 0.3 is 11.9 Å². The lowest BCUT2D eigenvalue weighted by molar-refractivity contribution is -0.155. The van der Waals surface area contributed by atoms with Gasteiger partial charge in [0.2, 0.25) is 0 Å². The molecule has 0 N–H and O–H groups in total. The van der Waals surface area contributed by atoms with Crippen molar-refractivity contribution in [2.45, 2.75) is 297 Å². The topological polar surface area (TPSA) is 61.8 Å². The number of rotatable bonds is 53. The quantitative estimate of drug-likeness (QED) is 0.0346. The van der Waals surface area contributed by atoms with Crippen LogP contribution in [-0.4, -0.2) is 37.9 Å². The van der Waals surface area contributed by atoms with Gasteiger partial charge in [0.25, 0.3) is 0 Å². The molecule has 384 valence electrons. The minimum Gasteiger partial charge on any atom is -0.463 e. The molecular weight excluding hydrogens is 813 g/mol. The Morgan fingerprint density at radius 1 is 0.318 bits per heavy atom. The Balaban J connectivity index is 4.33. The van der Waals surface area contributed by atoms with Crippen LogP contribution in [-0.2, 0) is 23.8 Å². The van der Waals surface area contributed by atoms with Crippen molar-refractivity contribution >= 4 is 11.9 Å². The summed E-state index contributed by atoms with van der Waals surface area (Å²) in [5.41, 5.74) is 0. The van der Waals surface area contributed by atoms with Gasteiger partial charge in [-0.2, -0.15) is 0 Å². The van der Waals surface area contributed by atoms with Crippen LogP contribution in [0.25, 0.3) is 0 Å². The first-order chi connectivity index (χ1) is 32.6. The lowest BCUT2D eigenvalue weighted by Crippen LogP contribution is -2.29. The standard InChI is InChI=1S/C61H110O5/c1-4-7-10-13-16-19-22-25-28-31-33-36-39-42-45-48-51-54-60(62)65-57-59(64-56-53-50-47-44-41-38-35-30-27-24-21-18-15-12-9-6-3)58-66-61(63)55-52-49-46-43-40-37-34-32-29-26-23-20-17-14-11-8-5-2/h16,19,25-26,28-29,34,37,43,46,59H,4-15,17-18,20-24,27,30-33,35-36,38-42,44-45,47-58H2,1-3H3/b19-16-,28-25-,29-26-,37-34-,46-43-/t59-/m1/s1. The van der Waals surface area contributed by atoms with Gasteiger partial charge in [0.1, 0.15) is 19.3 Å². The summed E-state index contributed by atoms with van der Waals surface area (Å²) in [7, 11) is 0. The van der Waals surface area contributed by atoms with E-state index in [9.17, 15) is 9.59 Å². The van der Waals surface area contributed by atoms with Gasteiger partial charge in [-0.05, 0) is 83.5 Å². The van der Waals surface area contributed by atoms with Gasteiger partial charge in [0.15, 0.2) is 0 Å². The van der Waals surface area contributed by atoms with Gasteiger partial charge < -0.3 is 14.2 Å². The Bertz CT molecular complexity index is 1130. The third kappa shape index (κ3) is 54.2. The van der Waals surface area contributed by atoms with Crippen molar-refractivity contribution < 1.29 is 23.8 Å². The van der Waals surface area contributed by atoms with Crippen molar-refractivity contribution in [3.05, 3.63) is 60.8 Å². The average Bonchev–Trinajstić information content (AvgIpc) is 3.32. The second-order valence-electron chi connectivity index (χ2n) is 19.2. The van der Waals surface area contributed by atoms with Gasteiger partial charge in [0.05, 0.1) is 0 Å². The van der Waals surface area contributed by atoms with Crippen LogP contribution in [0, 0.1) is 0 Å². The van der Waals surface area contributed by atoms with Crippen LogP contribution in [0.2, 0.25) is 0 Å². The summed E-state index contributed by atoms with van der Waals surface area (Å²) >= 11 is 0. The van der Waals surface area contributed by atoms with Crippen LogP contribution in [0.15, 0.2) is 60.8 Å². The largest absolute Gasteiger partial charge is 0.463 e. The number of carbonyl (C=O) groups is 2. The zero-order valence-electron chi connectivity index (χ0n) is 44.2. The predicted molar refractivity (Wildman–Crippen MR) is 288 cm³/mol. The van der Waals surface area contributed by atoms with E-state index in [-0.39, 0.29) is 25.2 Å². The van der Waals surface area contributed by atoms with Crippen LogP contribution in [0.5, 0.6) is 0 Å². The molecule has 1 atom stereocenters. The molecule has 5 nitrogen and oxygen atoms in total. The van der Waals surface area contributed by atoms with E-state index in [2.05, 4.69) is 81.5 Å². The first-order valence-electron chi connectivity index (χ1n) is 28.8. The van der Waals surface area contributed by atoms with Crippen LogP contribution >= 0.6 is 0 Å². The number of ether oxygens (including phenoxy) is 3. The molecular formula is C61H110O5. The maximum absolute atomic E-state index is 12.7. The average molecular weight is 924 g/mol. The molecule has 0 heterocycles. The van der Waals surface area contributed by atoms with Gasteiger partial charge in [-0.3, -0.25) is 9.59 Å². The molecule has 0 aromatic heterocycles. The van der Waals surface area contributed by atoms with E-state index in [0.29, 0.717) is 19.4 Å². The molecule has 0 aliphatic heterocycles. The Morgan fingerprint density at radius 2 is 0.591 bits per heavy atom. The summed E-state index contributed by atoms with van der Waals surface area (Å²) in [5, 5.41) is 0. The molecule has 5 heteroatoms. The first-order valence-corrected chi connectivity index (χ1v) is 28.8. The number of allylic oxidation sites excluding steroid dienone is 10. The molecule has 0 aromatic rings. The Morgan fingerprint density at radius 3 is 0.985 bits per heavy atom. The third-order valence-corrected chi connectivity index (χ3v) is 12.6. The van der Waals surface area contributed by atoms with E-state index in [1.165, 1.54) is 193 Å². The molecule has 0 amide bonds. The molecule has 0 aromatic carbocycles. The van der Waals surface area contributed by atoms with Gasteiger partial charge in [-0.25, -0.2) is 0 Å². The third-order valence-electron chi connectivity index (χ3n) is 12.6. The van der Waals surface area contributed by atoms with Crippen LogP contribution in [0.3, 0.4) is 0 Å². The Hall–Kier alpha value is -2.40. The molecule has 0 radical (unpaired) electrons. The fourth-order valence-electron chi connectivity index (χ4n) is 8.18. The summed E-state index contributed by atoms with van der Waals surface area (Å²) in [6.45, 7) is 7.67. The number of hydrogen-bond donors (Lipinski definition) is 0. The number of unbranched alkanes of at least 4 members (excludes halogenated alkanes) is 32. The molecule has 0 bridgehead atoms. The summed E-state index contributed by atoms with van der Waals surface area (Å²) < 4.78 is 17.5. The molecule has 0 aliphatic carbocycles. The maximum Gasteiger partial charge on any atom is 0.305 e. The smallest absolute Gasteiger partial charge is 0.305 e. The molecule has 0 saturated heterocycles. The summed E-state index contributed by atoms with van der Waals surface area (Å²) in [5.74, 6) is -0.391. The highest BCUT2D eigenvalue weighted by molar-refractivity contribution is 5.69. The monoisotopic (exact) mass is 923 g/mol. The van der Waals surface area contributed by atoms with Gasteiger partial charge in [-0.1, -0.05) is 255 Å². The van der Waals surface area contributed by atoms with Crippen molar-refractivity contribution in [3.8, 4) is 0 Å². The van der Waals surface area contributed by atoms with Crippen molar-refractivity contribution in [2.24, 2.45) is 0 Å². The highest BCUT2D eigenvalue weighted by atomic mass is 16.6. The summed E-state index contributed by atoms with van der Waals surface area (Å²) in [6, 6.07) is 0. The minimum absolute atomic E-state index is 0.130. The van der Waals surface area contributed by atoms with Crippen molar-refractivity contribution in [1.82, 2.24) is 0 Å². The number of carbonyl (C=O) groups excluding carboxylic acids is 2. The zero-order chi connectivity index (χ0) is 47.7. The summed E-state index contributed by atoms with van der Waals surface area (Å²) in [4.78, 5) is 25.3. The van der Waals surface area contributed by atoms with Crippen molar-refractivity contribution in [1.29, 1.82) is 0 Å². The lowest BCUT2D eigenvalue weighted by atomic mass is 10.0. The maximum atomic E-state index is 12.7. The fraction of sp³-hybridized carbons (Fsp3) is 0.803. The number of hydrogen-bond acceptors (Lipinski definition) is 5. The molecule has 0 saturated carbocycles. The van der Waals surface area contributed by atoms with Crippen LogP contribution in [0.1, 0.15) is 290 Å². The second-order valence-corrected chi connectivity index (χ2v) is 19.2.